The van der Waals surface area contributed by atoms with E-state index in [1.807, 2.05) is 0 Å². The fourth-order valence-corrected chi connectivity index (χ4v) is 3.27. The minimum absolute atomic E-state index is 0.213. The van der Waals surface area contributed by atoms with Crippen molar-refractivity contribution in [2.45, 2.75) is 13.8 Å². The van der Waals surface area contributed by atoms with E-state index < -0.39 is 20.6 Å². The number of nitrogens with one attached hydrogen (secondary N) is 1. The Hall–Kier alpha value is -0.932. The summed E-state index contributed by atoms with van der Waals surface area (Å²) in [6.07, 6.45) is 0. The fourth-order valence-electron chi connectivity index (χ4n) is 1.37. The third-order valence-electron chi connectivity index (χ3n) is 2.09. The summed E-state index contributed by atoms with van der Waals surface area (Å²) in [4.78, 5) is 10.9. The maximum atomic E-state index is 11.2. The van der Waals surface area contributed by atoms with E-state index in [9.17, 15) is 11.2 Å². The van der Waals surface area contributed by atoms with Gasteiger partial charge in [0.15, 0.2) is 0 Å². The van der Waals surface area contributed by atoms with Crippen LogP contribution in [0.1, 0.15) is 12.5 Å². The monoisotopic (exact) mass is 333 g/mol. The van der Waals surface area contributed by atoms with Crippen LogP contribution in [0.25, 0.3) is 0 Å². The van der Waals surface area contributed by atoms with Crippen molar-refractivity contribution >= 4 is 35.7 Å². The maximum absolute atomic E-state index is 11.2. The molecule has 16 heavy (non-hydrogen) atoms. The standard InChI is InChI=1S/C10H12NO2.H2O.O.Sb.H/c1-7-4-5-10(13-3)9(6-7)11-8(2)12;;;;/h5-6H,1-3H3,(H,11,12);1H2;;;/q;;;+1;/p-1. The summed E-state index contributed by atoms with van der Waals surface area (Å²) in [6.45, 7) is 3.12. The number of rotatable bonds is 3. The number of amides is 1. The van der Waals surface area contributed by atoms with E-state index in [4.69, 9.17) is 4.74 Å². The van der Waals surface area contributed by atoms with Crippen molar-refractivity contribution < 1.29 is 15.9 Å². The zero-order valence-corrected chi connectivity index (χ0v) is 12.2. The van der Waals surface area contributed by atoms with Gasteiger partial charge in [-0.3, -0.25) is 0 Å². The normalized spacial score (nSPS) is 12.0. The number of anilines is 1. The number of aryl methyl sites for hydroxylation is 1. The molecule has 0 saturated carbocycles. The van der Waals surface area contributed by atoms with Gasteiger partial charge in [0.25, 0.3) is 0 Å². The first kappa shape index (κ1) is 13.1. The van der Waals surface area contributed by atoms with Crippen LogP contribution < -0.4 is 13.6 Å². The fraction of sp³-hybridized carbons (Fsp3) is 0.300. The molecule has 1 aromatic rings. The molecule has 0 radical (unpaired) electrons. The van der Waals surface area contributed by atoms with Gasteiger partial charge in [0.1, 0.15) is 0 Å². The van der Waals surface area contributed by atoms with Gasteiger partial charge in [-0.25, -0.2) is 0 Å². The summed E-state index contributed by atoms with van der Waals surface area (Å²) in [7, 11) is 1.45. The molecule has 0 aliphatic carbocycles. The zero-order chi connectivity index (χ0) is 12.3. The predicted octanol–water partition coefficient (Wildman–Crippen LogP) is -0.188. The molecule has 88 valence electrons. The number of carbonyl (C=O) groups excluding carboxylic acids is 1. The summed E-state index contributed by atoms with van der Waals surface area (Å²) >= 11 is -3.65. The molecule has 1 unspecified atom stereocenters. The number of ether oxygens (including phenoxy) is 1. The third-order valence-corrected chi connectivity index (χ3v) is 4.94. The summed E-state index contributed by atoms with van der Waals surface area (Å²) < 4.78 is 25.9. The number of hydrogen-bond acceptors (Lipinski definition) is 3. The number of methoxy groups -OCH3 is 1. The van der Waals surface area contributed by atoms with E-state index in [-0.39, 0.29) is 5.91 Å². The van der Waals surface area contributed by atoms with E-state index >= 15 is 0 Å². The van der Waals surface area contributed by atoms with Gasteiger partial charge < -0.3 is 0 Å². The summed E-state index contributed by atoms with van der Waals surface area (Å²) in [5.74, 6) is 0.189. The topological polar surface area (TPSA) is 75.6 Å². The van der Waals surface area contributed by atoms with E-state index in [0.29, 0.717) is 20.5 Å². The van der Waals surface area contributed by atoms with Gasteiger partial charge in [0, 0.05) is 0 Å². The van der Waals surface area contributed by atoms with Crippen LogP contribution in [-0.4, -0.2) is 37.0 Å². The molecule has 0 saturated heterocycles. The molecule has 2 N–H and O–H groups in total. The van der Waals surface area contributed by atoms with Crippen LogP contribution in [0.4, 0.5) is 5.69 Å². The number of carbonyl (C=O) groups is 1. The van der Waals surface area contributed by atoms with Crippen molar-refractivity contribution in [2.24, 2.45) is 0 Å². The first-order valence-corrected chi connectivity index (χ1v) is 8.52. The van der Waals surface area contributed by atoms with Crippen LogP contribution in [0, 0.1) is 6.92 Å². The molecule has 1 amide bonds. The molecule has 5 nitrogen and oxygen atoms in total. The van der Waals surface area contributed by atoms with Crippen LogP contribution in [0.3, 0.4) is 0 Å². The molecule has 0 aliphatic rings. The van der Waals surface area contributed by atoms with Crippen molar-refractivity contribution in [3.63, 3.8) is 0 Å². The van der Waals surface area contributed by atoms with Crippen LogP contribution >= 0.6 is 0 Å². The zero-order valence-electron chi connectivity index (χ0n) is 9.33. The average molecular weight is 334 g/mol. The Kier molecular flexibility index (Phi) is 4.44. The SMILES string of the molecule is COc1c[c]([SbH](=[O])[OH])c(C)cc1NC(C)=O. The Morgan fingerprint density at radius 3 is 2.56 bits per heavy atom. The summed E-state index contributed by atoms with van der Waals surface area (Å²) in [5.41, 5.74) is 1.21. The summed E-state index contributed by atoms with van der Waals surface area (Å²) in [5, 5.41) is 2.61. The van der Waals surface area contributed by atoms with Crippen LogP contribution in [0.15, 0.2) is 12.1 Å². The van der Waals surface area contributed by atoms with Gasteiger partial charge in [-0.05, 0) is 0 Å². The minimum atomic E-state index is -3.65. The van der Waals surface area contributed by atoms with Gasteiger partial charge in [-0.2, -0.15) is 0 Å². The first-order chi connectivity index (χ1) is 7.45. The van der Waals surface area contributed by atoms with Crippen molar-refractivity contribution in [2.75, 3.05) is 12.4 Å². The molecular formula is C10H14NO4Sb. The molecule has 1 atom stereocenters. The van der Waals surface area contributed by atoms with E-state index in [2.05, 4.69) is 5.32 Å². The molecule has 0 bridgehead atoms. The molecule has 0 aliphatic heterocycles. The van der Waals surface area contributed by atoms with Gasteiger partial charge in [-0.1, -0.05) is 0 Å². The average Bonchev–Trinajstić information content (AvgIpc) is 2.16. The van der Waals surface area contributed by atoms with Gasteiger partial charge in [0.05, 0.1) is 0 Å². The predicted molar refractivity (Wildman–Crippen MR) is 61.7 cm³/mol. The molecule has 0 aromatic heterocycles. The second-order valence-corrected chi connectivity index (χ2v) is 6.63. The van der Waals surface area contributed by atoms with Crippen molar-refractivity contribution in [1.29, 1.82) is 0 Å². The second-order valence-electron chi connectivity index (χ2n) is 3.35. The number of hydrogen-bond donors (Lipinski definition) is 2. The van der Waals surface area contributed by atoms with E-state index in [1.54, 1.807) is 13.0 Å². The molecular weight excluding hydrogens is 320 g/mol. The molecule has 1 rings (SSSR count). The van der Waals surface area contributed by atoms with Crippen LogP contribution in [0.5, 0.6) is 5.75 Å². The van der Waals surface area contributed by atoms with Crippen LogP contribution in [-0.2, 0) is 7.81 Å². The first-order valence-electron chi connectivity index (χ1n) is 4.65. The summed E-state index contributed by atoms with van der Waals surface area (Å²) in [6, 6.07) is 3.16. The number of benzene rings is 1. The van der Waals surface area contributed by atoms with Gasteiger partial charge in [0.2, 0.25) is 0 Å². The quantitative estimate of drug-likeness (QED) is 0.752. The second kappa shape index (κ2) is 5.41. The van der Waals surface area contributed by atoms with Crippen molar-refractivity contribution in [3.8, 4) is 5.75 Å². The Balaban J connectivity index is 3.26. The Labute approximate surface area is 101 Å². The molecule has 6 heteroatoms. The van der Waals surface area contributed by atoms with E-state index in [1.165, 1.54) is 20.1 Å². The van der Waals surface area contributed by atoms with Crippen molar-refractivity contribution in [1.82, 2.24) is 0 Å². The van der Waals surface area contributed by atoms with E-state index in [0.717, 1.165) is 0 Å². The Morgan fingerprint density at radius 1 is 1.50 bits per heavy atom. The van der Waals surface area contributed by atoms with Crippen LogP contribution in [0.2, 0.25) is 0 Å². The molecule has 0 fully saturated rings. The van der Waals surface area contributed by atoms with Gasteiger partial charge >= 0.3 is 101 Å². The molecule has 0 spiro atoms. The molecule has 1 aromatic carbocycles. The van der Waals surface area contributed by atoms with Crippen molar-refractivity contribution in [3.05, 3.63) is 17.7 Å². The third kappa shape index (κ3) is 3.03. The Bertz CT molecular complexity index is 445. The Morgan fingerprint density at radius 2 is 2.12 bits per heavy atom. The molecule has 0 heterocycles. The van der Waals surface area contributed by atoms with Gasteiger partial charge in [-0.15, -0.1) is 0 Å².